The lowest BCUT2D eigenvalue weighted by Crippen LogP contribution is -2.37. The zero-order valence-electron chi connectivity index (χ0n) is 23.1. The fraction of sp³-hybridized carbons (Fsp3) is 0.483. The Kier molecular flexibility index (Phi) is 9.53. The number of methoxy groups -OCH3 is 1. The molecule has 4 N–H and O–H groups in total. The highest BCUT2D eigenvalue weighted by Crippen LogP contribution is 2.38. The maximum atomic E-state index is 15.3. The number of fused-ring (bicyclic) bond motifs is 1. The van der Waals surface area contributed by atoms with E-state index >= 15 is 4.39 Å². The van der Waals surface area contributed by atoms with Crippen LogP contribution < -0.4 is 21.1 Å². The lowest BCUT2D eigenvalue weighted by Gasteiger charge is -2.30. The number of halogens is 1. The molecule has 0 bridgehead atoms. The first-order chi connectivity index (χ1) is 18.7. The smallest absolute Gasteiger partial charge is 0.259 e. The summed E-state index contributed by atoms with van der Waals surface area (Å²) in [7, 11) is 1.70. The van der Waals surface area contributed by atoms with Crippen molar-refractivity contribution in [1.29, 1.82) is 0 Å². The third kappa shape index (κ3) is 6.93. The summed E-state index contributed by atoms with van der Waals surface area (Å²) in [6.07, 6.45) is 5.50. The first-order valence-corrected chi connectivity index (χ1v) is 14.2. The standard InChI is InChI=1S/C29H38FN5O3S/c1-16(2)17(3)12-19-13-23(35-28-25-18(4)26(27(31)36)39-29(25)34-15-33-28)24(14-22(19)30)38-21-8-6-20(7-9-21)32-10-11-37-5/h13-16,20-21,32H,3,6-12H2,1-2,4-5H3,(H2,31,36)(H,33,34,35). The molecular weight excluding hydrogens is 517 g/mol. The third-order valence-electron chi connectivity index (χ3n) is 7.29. The molecule has 10 heteroatoms. The van der Waals surface area contributed by atoms with Gasteiger partial charge in [0.05, 0.1) is 28.7 Å². The Hall–Kier alpha value is -3.08. The van der Waals surface area contributed by atoms with Gasteiger partial charge in [-0.3, -0.25) is 4.79 Å². The van der Waals surface area contributed by atoms with Crippen LogP contribution in [0.2, 0.25) is 0 Å². The minimum absolute atomic E-state index is 0.0309. The number of thiophene rings is 1. The molecule has 8 nitrogen and oxygen atoms in total. The molecule has 0 aliphatic heterocycles. The largest absolute Gasteiger partial charge is 0.488 e. The van der Waals surface area contributed by atoms with Crippen molar-refractivity contribution in [1.82, 2.24) is 15.3 Å². The van der Waals surface area contributed by atoms with E-state index in [0.717, 1.165) is 37.8 Å². The number of carbonyl (C=O) groups is 1. The number of benzene rings is 1. The Balaban J connectivity index is 1.63. The van der Waals surface area contributed by atoms with Gasteiger partial charge < -0.3 is 25.8 Å². The molecule has 39 heavy (non-hydrogen) atoms. The van der Waals surface area contributed by atoms with E-state index in [-0.39, 0.29) is 17.8 Å². The highest BCUT2D eigenvalue weighted by atomic mass is 32.1. The van der Waals surface area contributed by atoms with Crippen LogP contribution in [0.1, 0.15) is 60.3 Å². The van der Waals surface area contributed by atoms with E-state index in [1.165, 1.54) is 23.7 Å². The van der Waals surface area contributed by atoms with Crippen molar-refractivity contribution < 1.29 is 18.7 Å². The summed E-state index contributed by atoms with van der Waals surface area (Å²) in [6, 6.07) is 3.66. The molecule has 4 rings (SSSR count). The summed E-state index contributed by atoms with van der Waals surface area (Å²) >= 11 is 1.23. The number of hydrogen-bond acceptors (Lipinski definition) is 8. The number of nitrogens with zero attached hydrogens (tertiary/aromatic N) is 2. The summed E-state index contributed by atoms with van der Waals surface area (Å²) in [4.78, 5) is 21.8. The van der Waals surface area contributed by atoms with Gasteiger partial charge in [0, 0.05) is 25.8 Å². The van der Waals surface area contributed by atoms with Crippen molar-refractivity contribution in [3.63, 3.8) is 0 Å². The number of ether oxygens (including phenoxy) is 2. The average Bonchev–Trinajstić information content (AvgIpc) is 3.25. The molecule has 0 saturated heterocycles. The number of primary amides is 1. The molecule has 2 heterocycles. The molecule has 1 amide bonds. The van der Waals surface area contributed by atoms with E-state index in [1.54, 1.807) is 13.2 Å². The van der Waals surface area contributed by atoms with Gasteiger partial charge in [-0.15, -0.1) is 11.3 Å². The lowest BCUT2D eigenvalue weighted by atomic mass is 9.93. The van der Waals surface area contributed by atoms with Crippen LogP contribution >= 0.6 is 11.3 Å². The maximum Gasteiger partial charge on any atom is 0.259 e. The normalized spacial score (nSPS) is 17.5. The van der Waals surface area contributed by atoms with E-state index in [0.29, 0.717) is 62.5 Å². The summed E-state index contributed by atoms with van der Waals surface area (Å²) in [6.45, 7) is 11.6. The Labute approximate surface area is 233 Å². The molecule has 1 fully saturated rings. The van der Waals surface area contributed by atoms with Gasteiger partial charge in [0.2, 0.25) is 0 Å². The van der Waals surface area contributed by atoms with Crippen molar-refractivity contribution in [3.05, 3.63) is 52.4 Å². The van der Waals surface area contributed by atoms with Gasteiger partial charge in [0.15, 0.2) is 0 Å². The van der Waals surface area contributed by atoms with E-state index in [2.05, 4.69) is 27.2 Å². The molecular formula is C29H38FN5O3S. The van der Waals surface area contributed by atoms with E-state index < -0.39 is 5.91 Å². The molecule has 1 saturated carbocycles. The Morgan fingerprint density at radius 2 is 2.00 bits per heavy atom. The zero-order chi connectivity index (χ0) is 28.1. The monoisotopic (exact) mass is 555 g/mol. The lowest BCUT2D eigenvalue weighted by molar-refractivity contribution is 0.100. The van der Waals surface area contributed by atoms with Gasteiger partial charge in [-0.25, -0.2) is 14.4 Å². The molecule has 0 unspecified atom stereocenters. The highest BCUT2D eigenvalue weighted by Gasteiger charge is 2.25. The minimum Gasteiger partial charge on any atom is -0.488 e. The quantitative estimate of drug-likeness (QED) is 0.195. The van der Waals surface area contributed by atoms with E-state index in [1.807, 2.05) is 20.8 Å². The second kappa shape index (κ2) is 12.8. The maximum absolute atomic E-state index is 15.3. The molecule has 0 atom stereocenters. The number of amides is 1. The zero-order valence-corrected chi connectivity index (χ0v) is 23.9. The number of aryl methyl sites for hydroxylation is 1. The van der Waals surface area contributed by atoms with E-state index in [9.17, 15) is 4.79 Å². The van der Waals surface area contributed by atoms with Crippen LogP contribution in [0.15, 0.2) is 30.6 Å². The number of nitrogens with two attached hydrogens (primary N) is 1. The topological polar surface area (TPSA) is 111 Å². The number of aromatic nitrogens is 2. The average molecular weight is 556 g/mol. The molecule has 210 valence electrons. The number of nitrogens with one attached hydrogen (secondary N) is 2. The van der Waals surface area contributed by atoms with Crippen molar-refractivity contribution in [2.75, 3.05) is 25.6 Å². The van der Waals surface area contributed by atoms with Crippen molar-refractivity contribution in [2.45, 2.75) is 65.0 Å². The second-order valence-electron chi connectivity index (χ2n) is 10.4. The van der Waals surface area contributed by atoms with Gasteiger partial charge in [-0.1, -0.05) is 26.0 Å². The van der Waals surface area contributed by atoms with Gasteiger partial charge in [0.25, 0.3) is 5.91 Å². The predicted octanol–water partition coefficient (Wildman–Crippen LogP) is 5.66. The summed E-state index contributed by atoms with van der Waals surface area (Å²) in [5.74, 6) is 0.331. The molecule has 0 spiro atoms. The van der Waals surface area contributed by atoms with Gasteiger partial charge in [-0.2, -0.15) is 0 Å². The molecule has 2 aromatic heterocycles. The fourth-order valence-corrected chi connectivity index (χ4v) is 5.84. The summed E-state index contributed by atoms with van der Waals surface area (Å²) in [5.41, 5.74) is 8.37. The van der Waals surface area contributed by atoms with Crippen LogP contribution in [-0.2, 0) is 11.2 Å². The summed E-state index contributed by atoms with van der Waals surface area (Å²) in [5, 5.41) is 7.60. The van der Waals surface area contributed by atoms with Crippen LogP contribution in [0.5, 0.6) is 5.75 Å². The van der Waals surface area contributed by atoms with E-state index in [4.69, 9.17) is 15.2 Å². The molecule has 0 radical (unpaired) electrons. The number of carbonyl (C=O) groups excluding carboxylic acids is 1. The summed E-state index contributed by atoms with van der Waals surface area (Å²) < 4.78 is 26.9. The van der Waals surface area contributed by atoms with Crippen LogP contribution in [0.25, 0.3) is 10.2 Å². The highest BCUT2D eigenvalue weighted by molar-refractivity contribution is 7.20. The number of hydrogen-bond donors (Lipinski definition) is 3. The van der Waals surface area contributed by atoms with Crippen LogP contribution in [0.4, 0.5) is 15.9 Å². The Bertz CT molecular complexity index is 1330. The molecule has 3 aromatic rings. The second-order valence-corrected chi connectivity index (χ2v) is 11.4. The Morgan fingerprint density at radius 1 is 1.26 bits per heavy atom. The van der Waals surface area contributed by atoms with Crippen LogP contribution in [0, 0.1) is 18.7 Å². The minimum atomic E-state index is -0.506. The first-order valence-electron chi connectivity index (χ1n) is 13.4. The first kappa shape index (κ1) is 28.9. The molecule has 1 aliphatic rings. The van der Waals surface area contributed by atoms with Crippen LogP contribution in [0.3, 0.4) is 0 Å². The number of rotatable bonds is 12. The van der Waals surface area contributed by atoms with Crippen molar-refractivity contribution in [2.24, 2.45) is 11.7 Å². The SMILES string of the molecule is C=C(Cc1cc(Nc2ncnc3sc(C(N)=O)c(C)c23)c(OC2CCC(NCCOC)CC2)cc1F)C(C)C. The van der Waals surface area contributed by atoms with Gasteiger partial charge >= 0.3 is 0 Å². The third-order valence-corrected chi connectivity index (χ3v) is 8.51. The van der Waals surface area contributed by atoms with Crippen molar-refractivity contribution >= 4 is 39.0 Å². The molecule has 1 aromatic carbocycles. The van der Waals surface area contributed by atoms with Crippen LogP contribution in [-0.4, -0.2) is 48.3 Å². The fourth-order valence-electron chi connectivity index (χ4n) is 4.84. The predicted molar refractivity (Wildman–Crippen MR) is 155 cm³/mol. The Morgan fingerprint density at radius 3 is 2.67 bits per heavy atom. The van der Waals surface area contributed by atoms with Crippen molar-refractivity contribution in [3.8, 4) is 5.75 Å². The number of allylic oxidation sites excluding steroid dienone is 1. The van der Waals surface area contributed by atoms with Gasteiger partial charge in [-0.05, 0) is 62.1 Å². The number of anilines is 2. The molecule has 1 aliphatic carbocycles. The van der Waals surface area contributed by atoms with Gasteiger partial charge in [0.1, 0.15) is 28.5 Å².